The van der Waals surface area contributed by atoms with Crippen molar-refractivity contribution in [2.24, 2.45) is 0 Å². The first-order valence-corrected chi connectivity index (χ1v) is 6.36. The van der Waals surface area contributed by atoms with Gasteiger partial charge in [-0.2, -0.15) is 0 Å². The van der Waals surface area contributed by atoms with Crippen LogP contribution in [0.2, 0.25) is 0 Å². The Morgan fingerprint density at radius 2 is 2.18 bits per heavy atom. The van der Waals surface area contributed by atoms with Crippen LogP contribution >= 0.6 is 22.6 Å². The van der Waals surface area contributed by atoms with E-state index in [4.69, 9.17) is 5.11 Å². The topological polar surface area (TPSA) is 63.0 Å². The number of hydrogen-bond donors (Lipinski definition) is 2. The number of rotatable bonds is 5. The van der Waals surface area contributed by atoms with Crippen LogP contribution in [0.1, 0.15) is 5.69 Å². The summed E-state index contributed by atoms with van der Waals surface area (Å²) in [6, 6.07) is 8.07. The highest BCUT2D eigenvalue weighted by Crippen LogP contribution is 2.17. The number of aromatic nitrogens is 3. The second kappa shape index (κ2) is 5.97. The van der Waals surface area contributed by atoms with Gasteiger partial charge in [-0.05, 0) is 34.7 Å². The van der Waals surface area contributed by atoms with Gasteiger partial charge in [-0.1, -0.05) is 17.3 Å². The zero-order valence-corrected chi connectivity index (χ0v) is 11.3. The van der Waals surface area contributed by atoms with Crippen LogP contribution in [-0.4, -0.2) is 26.7 Å². The van der Waals surface area contributed by atoms with Gasteiger partial charge in [0.15, 0.2) is 0 Å². The van der Waals surface area contributed by atoms with Crippen LogP contribution in [0.5, 0.6) is 0 Å². The third-order valence-corrected chi connectivity index (χ3v) is 3.19. The van der Waals surface area contributed by atoms with Gasteiger partial charge in [0.1, 0.15) is 5.69 Å². The number of aliphatic hydroxyl groups is 1. The molecule has 2 rings (SSSR count). The molecule has 0 aliphatic carbocycles. The molecule has 2 N–H and O–H groups in total. The van der Waals surface area contributed by atoms with Crippen LogP contribution in [0.3, 0.4) is 0 Å². The first-order valence-electron chi connectivity index (χ1n) is 5.28. The first kappa shape index (κ1) is 12.3. The van der Waals surface area contributed by atoms with Crippen LogP contribution in [-0.2, 0) is 13.1 Å². The van der Waals surface area contributed by atoms with E-state index in [9.17, 15) is 0 Å². The number of halogens is 1. The number of aliphatic hydroxyl groups excluding tert-OH is 1. The quantitative estimate of drug-likeness (QED) is 0.807. The van der Waals surface area contributed by atoms with Gasteiger partial charge in [0.2, 0.25) is 0 Å². The number of anilines is 1. The summed E-state index contributed by atoms with van der Waals surface area (Å²) in [6.45, 7) is 1.19. The highest BCUT2D eigenvalue weighted by atomic mass is 127. The average molecular weight is 344 g/mol. The van der Waals surface area contributed by atoms with E-state index in [1.54, 1.807) is 4.68 Å². The van der Waals surface area contributed by atoms with Crippen molar-refractivity contribution in [2.45, 2.75) is 13.1 Å². The molecule has 90 valence electrons. The van der Waals surface area contributed by atoms with E-state index >= 15 is 0 Å². The fraction of sp³-hybridized carbons (Fsp3) is 0.273. The maximum Gasteiger partial charge on any atom is 0.102 e. The largest absolute Gasteiger partial charge is 0.394 e. The van der Waals surface area contributed by atoms with Crippen molar-refractivity contribution in [2.75, 3.05) is 11.9 Å². The van der Waals surface area contributed by atoms with E-state index in [1.807, 2.05) is 30.5 Å². The molecule has 2 aromatic rings. The number of nitrogens with zero attached hydrogens (tertiary/aromatic N) is 3. The summed E-state index contributed by atoms with van der Waals surface area (Å²) >= 11 is 2.28. The van der Waals surface area contributed by atoms with Crippen LogP contribution in [0.4, 0.5) is 5.69 Å². The Hall–Kier alpha value is -1.15. The lowest BCUT2D eigenvalue weighted by atomic mass is 10.3. The molecule has 0 unspecified atom stereocenters. The predicted molar refractivity (Wildman–Crippen MR) is 73.6 cm³/mol. The molecule has 0 radical (unpaired) electrons. The fourth-order valence-corrected chi connectivity index (χ4v) is 2.00. The third-order valence-electron chi connectivity index (χ3n) is 2.25. The van der Waals surface area contributed by atoms with Gasteiger partial charge in [0.25, 0.3) is 0 Å². The molecule has 0 fully saturated rings. The Morgan fingerprint density at radius 1 is 1.35 bits per heavy atom. The van der Waals surface area contributed by atoms with E-state index in [-0.39, 0.29) is 6.61 Å². The van der Waals surface area contributed by atoms with Crippen LogP contribution in [0, 0.1) is 3.57 Å². The molecular formula is C11H13IN4O. The first-order chi connectivity index (χ1) is 8.29. The van der Waals surface area contributed by atoms with Gasteiger partial charge in [-0.25, -0.2) is 4.68 Å². The normalized spacial score (nSPS) is 10.5. The molecular weight excluding hydrogens is 331 g/mol. The summed E-state index contributed by atoms with van der Waals surface area (Å²) in [6.07, 6.45) is 1.83. The summed E-state index contributed by atoms with van der Waals surface area (Å²) in [5, 5.41) is 20.0. The van der Waals surface area contributed by atoms with Crippen molar-refractivity contribution < 1.29 is 5.11 Å². The minimum absolute atomic E-state index is 0.0762. The summed E-state index contributed by atoms with van der Waals surface area (Å²) in [7, 11) is 0. The maximum atomic E-state index is 8.77. The van der Waals surface area contributed by atoms with Crippen molar-refractivity contribution in [3.63, 3.8) is 0 Å². The minimum atomic E-state index is 0.0762. The van der Waals surface area contributed by atoms with E-state index in [2.05, 4.69) is 38.2 Å². The molecule has 0 bridgehead atoms. The molecule has 0 spiro atoms. The lowest BCUT2D eigenvalue weighted by Gasteiger charge is -2.05. The Morgan fingerprint density at radius 3 is 2.94 bits per heavy atom. The Kier molecular flexibility index (Phi) is 4.32. The summed E-state index contributed by atoms with van der Waals surface area (Å²) in [4.78, 5) is 0. The standard InChI is InChI=1S/C11H13IN4O/c12-10-3-1-2-4-11(10)13-7-9-8-16(5-6-17)15-14-9/h1-4,8,13,17H,5-7H2. The fourth-order valence-electron chi connectivity index (χ4n) is 1.42. The number of para-hydroxylation sites is 1. The second-order valence-electron chi connectivity index (χ2n) is 3.53. The Bertz CT molecular complexity index is 486. The van der Waals surface area contributed by atoms with Gasteiger partial charge in [-0.3, -0.25) is 0 Å². The molecule has 0 amide bonds. The van der Waals surface area contributed by atoms with Crippen molar-refractivity contribution in [3.8, 4) is 0 Å². The van der Waals surface area contributed by atoms with Crippen molar-refractivity contribution in [3.05, 3.63) is 39.7 Å². The lowest BCUT2D eigenvalue weighted by molar-refractivity contribution is 0.268. The molecule has 0 saturated carbocycles. The van der Waals surface area contributed by atoms with Crippen LogP contribution in [0.25, 0.3) is 0 Å². The van der Waals surface area contributed by atoms with Gasteiger partial charge in [0, 0.05) is 9.26 Å². The Balaban J connectivity index is 1.95. The molecule has 0 atom stereocenters. The maximum absolute atomic E-state index is 8.77. The highest BCUT2D eigenvalue weighted by molar-refractivity contribution is 14.1. The van der Waals surface area contributed by atoms with Crippen LogP contribution in [0.15, 0.2) is 30.5 Å². The molecule has 17 heavy (non-hydrogen) atoms. The molecule has 0 aliphatic heterocycles. The monoisotopic (exact) mass is 344 g/mol. The van der Waals surface area contributed by atoms with Gasteiger partial charge < -0.3 is 10.4 Å². The number of benzene rings is 1. The lowest BCUT2D eigenvalue weighted by Crippen LogP contribution is -2.02. The summed E-state index contributed by atoms with van der Waals surface area (Å²) in [5.41, 5.74) is 1.95. The second-order valence-corrected chi connectivity index (χ2v) is 4.69. The smallest absolute Gasteiger partial charge is 0.102 e. The van der Waals surface area contributed by atoms with Crippen molar-refractivity contribution >= 4 is 28.3 Å². The number of hydrogen-bond acceptors (Lipinski definition) is 4. The third kappa shape index (κ3) is 3.40. The van der Waals surface area contributed by atoms with Crippen LogP contribution < -0.4 is 5.32 Å². The molecule has 5 nitrogen and oxygen atoms in total. The van der Waals surface area contributed by atoms with Gasteiger partial charge in [-0.15, -0.1) is 5.10 Å². The zero-order chi connectivity index (χ0) is 12.1. The minimum Gasteiger partial charge on any atom is -0.394 e. The van der Waals surface area contributed by atoms with E-state index in [0.29, 0.717) is 13.1 Å². The summed E-state index contributed by atoms with van der Waals surface area (Å²) < 4.78 is 2.81. The Labute approximate surface area is 113 Å². The number of nitrogens with one attached hydrogen (secondary N) is 1. The van der Waals surface area contributed by atoms with E-state index in [1.165, 1.54) is 3.57 Å². The molecule has 0 aliphatic rings. The molecule has 1 heterocycles. The highest BCUT2D eigenvalue weighted by Gasteiger charge is 2.01. The van der Waals surface area contributed by atoms with Gasteiger partial charge in [0.05, 0.1) is 25.9 Å². The zero-order valence-electron chi connectivity index (χ0n) is 9.17. The van der Waals surface area contributed by atoms with E-state index in [0.717, 1.165) is 11.4 Å². The SMILES string of the molecule is OCCn1cc(CNc2ccccc2I)nn1. The van der Waals surface area contributed by atoms with Crippen molar-refractivity contribution in [1.29, 1.82) is 0 Å². The van der Waals surface area contributed by atoms with E-state index < -0.39 is 0 Å². The molecule has 1 aromatic carbocycles. The van der Waals surface area contributed by atoms with Gasteiger partial charge >= 0.3 is 0 Å². The summed E-state index contributed by atoms with van der Waals surface area (Å²) in [5.74, 6) is 0. The molecule has 0 saturated heterocycles. The predicted octanol–water partition coefficient (Wildman–Crippen LogP) is 1.49. The molecule has 6 heteroatoms. The average Bonchev–Trinajstić information content (AvgIpc) is 2.76. The molecule has 1 aromatic heterocycles. The van der Waals surface area contributed by atoms with Crippen molar-refractivity contribution in [1.82, 2.24) is 15.0 Å².